The molecule has 1 fully saturated rings. The number of carboxylic acids is 1. The Labute approximate surface area is 183 Å². The van der Waals surface area contributed by atoms with Crippen molar-refractivity contribution in [3.63, 3.8) is 0 Å². The molecule has 0 bridgehead atoms. The topological polar surface area (TPSA) is 69.6 Å². The minimum Gasteiger partial charge on any atom is -0.475 e. The van der Waals surface area contributed by atoms with Crippen molar-refractivity contribution in [1.29, 1.82) is 0 Å². The van der Waals surface area contributed by atoms with Gasteiger partial charge in [0.05, 0.1) is 17.3 Å². The van der Waals surface area contributed by atoms with Gasteiger partial charge in [-0.3, -0.25) is 4.79 Å². The molecule has 1 atom stereocenters. The fraction of sp³-hybridized carbons (Fsp3) is 0.364. The lowest BCUT2D eigenvalue weighted by Crippen LogP contribution is -2.24. The van der Waals surface area contributed by atoms with E-state index in [-0.39, 0.29) is 11.8 Å². The van der Waals surface area contributed by atoms with Gasteiger partial charge < -0.3 is 15.3 Å². The van der Waals surface area contributed by atoms with Crippen LogP contribution in [0.1, 0.15) is 37.7 Å². The molecule has 2 aromatic rings. The highest BCUT2D eigenvalue weighted by Crippen LogP contribution is 2.30. The van der Waals surface area contributed by atoms with Gasteiger partial charge in [0.1, 0.15) is 0 Å². The van der Waals surface area contributed by atoms with Gasteiger partial charge in [-0.25, -0.2) is 4.79 Å². The summed E-state index contributed by atoms with van der Waals surface area (Å²) in [6, 6.07) is 15.6. The van der Waals surface area contributed by atoms with Gasteiger partial charge in [-0.1, -0.05) is 42.8 Å². The lowest BCUT2D eigenvalue weighted by Gasteiger charge is -2.23. The van der Waals surface area contributed by atoms with Crippen molar-refractivity contribution >= 4 is 34.9 Å². The van der Waals surface area contributed by atoms with Gasteiger partial charge >= 0.3 is 12.1 Å². The molecule has 0 aromatic heterocycles. The average molecular weight is 457 g/mol. The summed E-state index contributed by atoms with van der Waals surface area (Å²) in [6.07, 6.45) is -1.91. The van der Waals surface area contributed by atoms with Crippen LogP contribution < -0.4 is 10.2 Å². The summed E-state index contributed by atoms with van der Waals surface area (Å²) in [6.45, 7) is 4.15. The minimum absolute atomic E-state index is 0.0338. The third-order valence-corrected chi connectivity index (χ3v) is 5.10. The lowest BCUT2D eigenvalue weighted by molar-refractivity contribution is -0.192. The fourth-order valence-electron chi connectivity index (χ4n) is 3.30. The highest BCUT2D eigenvalue weighted by atomic mass is 35.5. The van der Waals surface area contributed by atoms with E-state index in [0.29, 0.717) is 5.02 Å². The first-order valence-corrected chi connectivity index (χ1v) is 10.2. The molecule has 1 saturated heterocycles. The molecule has 168 valence electrons. The highest BCUT2D eigenvalue weighted by molar-refractivity contribution is 6.30. The number of amides is 1. The van der Waals surface area contributed by atoms with Crippen molar-refractivity contribution in [2.75, 3.05) is 23.3 Å². The zero-order valence-corrected chi connectivity index (χ0v) is 17.7. The van der Waals surface area contributed by atoms with Gasteiger partial charge in [0.15, 0.2) is 0 Å². The van der Waals surface area contributed by atoms with Gasteiger partial charge in [0.2, 0.25) is 5.91 Å². The van der Waals surface area contributed by atoms with Crippen LogP contribution in [-0.4, -0.2) is 36.2 Å². The molecule has 1 aliphatic heterocycles. The normalized spacial score (nSPS) is 14.4. The van der Waals surface area contributed by atoms with Crippen LogP contribution in [-0.2, 0) is 9.59 Å². The molecule has 31 heavy (non-hydrogen) atoms. The summed E-state index contributed by atoms with van der Waals surface area (Å²) in [5.41, 5.74) is 3.02. The number of nitrogens with one attached hydrogen (secondary N) is 1. The van der Waals surface area contributed by atoms with Crippen molar-refractivity contribution in [3.8, 4) is 0 Å². The number of alkyl halides is 3. The molecule has 0 saturated carbocycles. The van der Waals surface area contributed by atoms with Crippen LogP contribution in [0.5, 0.6) is 0 Å². The summed E-state index contributed by atoms with van der Waals surface area (Å²) in [4.78, 5) is 24.1. The predicted octanol–water partition coefficient (Wildman–Crippen LogP) is 5.71. The van der Waals surface area contributed by atoms with E-state index in [0.717, 1.165) is 36.4 Å². The predicted molar refractivity (Wildman–Crippen MR) is 115 cm³/mol. The Morgan fingerprint density at radius 1 is 1.10 bits per heavy atom. The van der Waals surface area contributed by atoms with Crippen LogP contribution in [0.4, 0.5) is 24.5 Å². The first-order chi connectivity index (χ1) is 14.6. The van der Waals surface area contributed by atoms with Crippen molar-refractivity contribution in [2.45, 2.75) is 38.3 Å². The zero-order chi connectivity index (χ0) is 23.0. The number of anilines is 2. The van der Waals surface area contributed by atoms with E-state index in [4.69, 9.17) is 21.5 Å². The molecule has 1 unspecified atom stereocenters. The number of benzene rings is 2. The Morgan fingerprint density at radius 3 is 2.16 bits per heavy atom. The van der Waals surface area contributed by atoms with E-state index in [1.807, 2.05) is 49.4 Å². The van der Waals surface area contributed by atoms with Gasteiger partial charge in [0.25, 0.3) is 0 Å². The second kappa shape index (κ2) is 11.0. The first kappa shape index (κ1) is 24.5. The molecule has 0 spiro atoms. The van der Waals surface area contributed by atoms with E-state index in [2.05, 4.69) is 16.3 Å². The minimum atomic E-state index is -5.08. The number of hydrogen-bond donors (Lipinski definition) is 2. The Kier molecular flexibility index (Phi) is 8.74. The van der Waals surface area contributed by atoms with Gasteiger partial charge in [-0.2, -0.15) is 13.2 Å². The van der Waals surface area contributed by atoms with Gasteiger partial charge in [0, 0.05) is 18.1 Å². The Morgan fingerprint density at radius 2 is 1.65 bits per heavy atom. The summed E-state index contributed by atoms with van der Waals surface area (Å²) in [7, 11) is 0. The van der Waals surface area contributed by atoms with Crippen LogP contribution in [0.25, 0.3) is 0 Å². The molecular formula is C22H24ClF3N2O3. The van der Waals surface area contributed by atoms with Crippen molar-refractivity contribution in [3.05, 3.63) is 59.1 Å². The molecule has 2 N–H and O–H groups in total. The molecule has 1 heterocycles. The Hall–Kier alpha value is -2.74. The molecule has 1 amide bonds. The number of carboxylic acid groups (broad SMARTS) is 1. The molecule has 3 rings (SSSR count). The maximum atomic E-state index is 12.8. The quantitative estimate of drug-likeness (QED) is 0.605. The van der Waals surface area contributed by atoms with E-state index in [1.54, 1.807) is 0 Å². The van der Waals surface area contributed by atoms with Crippen LogP contribution >= 0.6 is 11.6 Å². The molecular weight excluding hydrogens is 433 g/mol. The SMILES string of the molecule is CCC(C(=O)Nc1ccccc1N1CCCC1)c1ccc(Cl)cc1.O=C(O)C(F)(F)F. The Bertz CT molecular complexity index is 882. The van der Waals surface area contributed by atoms with Crippen molar-refractivity contribution in [2.24, 2.45) is 0 Å². The second-order valence-corrected chi connectivity index (χ2v) is 7.45. The van der Waals surface area contributed by atoms with E-state index in [9.17, 15) is 18.0 Å². The van der Waals surface area contributed by atoms with Crippen LogP contribution in [0.15, 0.2) is 48.5 Å². The smallest absolute Gasteiger partial charge is 0.475 e. The molecule has 0 aliphatic carbocycles. The fourth-order valence-corrected chi connectivity index (χ4v) is 3.43. The molecule has 0 radical (unpaired) electrons. The van der Waals surface area contributed by atoms with Gasteiger partial charge in [-0.05, 0) is 49.1 Å². The monoisotopic (exact) mass is 456 g/mol. The van der Waals surface area contributed by atoms with Gasteiger partial charge in [-0.15, -0.1) is 0 Å². The number of halogens is 4. The number of nitrogens with zero attached hydrogens (tertiary/aromatic N) is 1. The number of rotatable bonds is 5. The van der Waals surface area contributed by atoms with Crippen LogP contribution in [0, 0.1) is 0 Å². The Balaban J connectivity index is 0.000000423. The second-order valence-electron chi connectivity index (χ2n) is 7.02. The largest absolute Gasteiger partial charge is 0.490 e. The van der Waals surface area contributed by atoms with Crippen molar-refractivity contribution < 1.29 is 27.9 Å². The highest BCUT2D eigenvalue weighted by Gasteiger charge is 2.38. The molecule has 9 heteroatoms. The summed E-state index contributed by atoms with van der Waals surface area (Å²) in [5, 5.41) is 11.0. The van der Waals surface area contributed by atoms with E-state index >= 15 is 0 Å². The molecule has 2 aromatic carbocycles. The van der Waals surface area contributed by atoms with E-state index < -0.39 is 12.1 Å². The summed E-state index contributed by atoms with van der Waals surface area (Å²) in [5.74, 6) is -2.90. The number of aliphatic carboxylic acids is 1. The van der Waals surface area contributed by atoms with Crippen LogP contribution in [0.3, 0.4) is 0 Å². The standard InChI is InChI=1S/C20H23ClN2O.C2HF3O2/c1-2-17(15-9-11-16(21)12-10-15)20(24)22-18-7-3-4-8-19(18)23-13-5-6-14-23;3-2(4,5)1(6)7/h3-4,7-12,17H,2,5-6,13-14H2,1H3,(H,22,24);(H,6,7). The van der Waals surface area contributed by atoms with Crippen molar-refractivity contribution in [1.82, 2.24) is 0 Å². The molecule has 5 nitrogen and oxygen atoms in total. The zero-order valence-electron chi connectivity index (χ0n) is 17.0. The number of carbonyl (C=O) groups is 2. The van der Waals surface area contributed by atoms with Crippen LogP contribution in [0.2, 0.25) is 5.02 Å². The maximum Gasteiger partial charge on any atom is 0.490 e. The number of carbonyl (C=O) groups excluding carboxylic acids is 1. The van der Waals surface area contributed by atoms with E-state index in [1.165, 1.54) is 12.8 Å². The third kappa shape index (κ3) is 7.17. The first-order valence-electron chi connectivity index (χ1n) is 9.84. The number of hydrogen-bond acceptors (Lipinski definition) is 3. The average Bonchev–Trinajstić information content (AvgIpc) is 3.25. The third-order valence-electron chi connectivity index (χ3n) is 4.85. The summed E-state index contributed by atoms with van der Waals surface area (Å²) >= 11 is 5.96. The lowest BCUT2D eigenvalue weighted by atomic mass is 9.95. The summed E-state index contributed by atoms with van der Waals surface area (Å²) < 4.78 is 31.7. The maximum absolute atomic E-state index is 12.8. The molecule has 1 aliphatic rings. The number of para-hydroxylation sites is 2.